The topological polar surface area (TPSA) is 61.4 Å². The summed E-state index contributed by atoms with van der Waals surface area (Å²) in [6.07, 6.45) is 4.40. The zero-order chi connectivity index (χ0) is 20.4. The Morgan fingerprint density at radius 1 is 1.03 bits per heavy atom. The Morgan fingerprint density at radius 3 is 2.45 bits per heavy atom. The maximum Gasteiger partial charge on any atom is 0.322 e. The summed E-state index contributed by atoms with van der Waals surface area (Å²) in [5, 5.41) is 6.00. The van der Waals surface area contributed by atoms with Gasteiger partial charge in [-0.15, -0.1) is 0 Å². The van der Waals surface area contributed by atoms with Crippen LogP contribution >= 0.6 is 0 Å². The zero-order valence-electron chi connectivity index (χ0n) is 16.5. The van der Waals surface area contributed by atoms with Gasteiger partial charge in [0.15, 0.2) is 0 Å². The van der Waals surface area contributed by atoms with Crippen molar-refractivity contribution in [3.05, 3.63) is 65.5 Å². The first-order valence-corrected chi connectivity index (χ1v) is 10.2. The normalized spacial score (nSPS) is 23.4. The summed E-state index contributed by atoms with van der Waals surface area (Å²) in [7, 11) is 0. The van der Waals surface area contributed by atoms with Gasteiger partial charge in [0.05, 0.1) is 0 Å². The molecule has 0 spiro atoms. The van der Waals surface area contributed by atoms with Crippen LogP contribution in [0.15, 0.2) is 48.5 Å². The third kappa shape index (κ3) is 4.26. The molecule has 0 unspecified atom stereocenters. The molecule has 2 N–H and O–H groups in total. The predicted molar refractivity (Wildman–Crippen MR) is 110 cm³/mol. The number of aryl methyl sites for hydroxylation is 1. The van der Waals surface area contributed by atoms with Crippen LogP contribution in [0.1, 0.15) is 48.0 Å². The maximum atomic E-state index is 13.4. The van der Waals surface area contributed by atoms with E-state index in [1.54, 1.807) is 12.1 Å². The minimum Gasteiger partial charge on any atom is -0.349 e. The van der Waals surface area contributed by atoms with E-state index in [9.17, 15) is 14.0 Å². The number of halogens is 1. The van der Waals surface area contributed by atoms with Crippen molar-refractivity contribution >= 4 is 17.6 Å². The zero-order valence-corrected chi connectivity index (χ0v) is 16.5. The number of hydrogen-bond acceptors (Lipinski definition) is 2. The summed E-state index contributed by atoms with van der Waals surface area (Å²) < 4.78 is 13.4. The molecule has 0 aromatic heterocycles. The lowest BCUT2D eigenvalue weighted by atomic mass is 9.82. The van der Waals surface area contributed by atoms with Gasteiger partial charge in [-0.25, -0.2) is 9.18 Å². The van der Waals surface area contributed by atoms with E-state index in [2.05, 4.69) is 10.6 Å². The quantitative estimate of drug-likeness (QED) is 0.805. The van der Waals surface area contributed by atoms with Crippen LogP contribution in [-0.2, 0) is 0 Å². The second kappa shape index (κ2) is 8.23. The predicted octanol–water partition coefficient (Wildman–Crippen LogP) is 4.48. The Hall–Kier alpha value is -2.89. The van der Waals surface area contributed by atoms with Crippen molar-refractivity contribution in [2.75, 3.05) is 5.32 Å². The fourth-order valence-corrected chi connectivity index (χ4v) is 4.68. The van der Waals surface area contributed by atoms with Gasteiger partial charge in [-0.3, -0.25) is 4.79 Å². The van der Waals surface area contributed by atoms with Gasteiger partial charge in [0.2, 0.25) is 0 Å². The molecule has 2 aromatic rings. The number of urea groups is 1. The van der Waals surface area contributed by atoms with Gasteiger partial charge in [-0.2, -0.15) is 0 Å². The summed E-state index contributed by atoms with van der Waals surface area (Å²) >= 11 is 0. The molecule has 2 heterocycles. The van der Waals surface area contributed by atoms with E-state index in [0.717, 1.165) is 37.7 Å². The van der Waals surface area contributed by atoms with Crippen LogP contribution in [0.3, 0.4) is 0 Å². The third-order valence-corrected chi connectivity index (χ3v) is 6.01. The Balaban J connectivity index is 1.43. The molecule has 152 valence electrons. The van der Waals surface area contributed by atoms with Crippen LogP contribution in [0.5, 0.6) is 0 Å². The summed E-state index contributed by atoms with van der Waals surface area (Å²) in [4.78, 5) is 27.5. The van der Waals surface area contributed by atoms with Crippen LogP contribution in [0.25, 0.3) is 0 Å². The standard InChI is InChI=1S/C23H26FN3O2/c1-15-6-2-3-11-21(15)22(28)25-18-13-19-9-5-10-20(14-18)27(19)23(29)26-17-8-4-7-16(24)12-17/h2-4,6-8,11-12,18-20H,5,9-10,13-14H2,1H3,(H,25,28)(H,26,29)/t19-,20-/m0/s1. The molecular formula is C23H26FN3O2. The molecule has 2 aromatic carbocycles. The van der Waals surface area contributed by atoms with Crippen LogP contribution in [-0.4, -0.2) is 35.0 Å². The number of nitrogens with zero attached hydrogens (tertiary/aromatic N) is 1. The number of carbonyl (C=O) groups excluding carboxylic acids is 2. The first kappa shape index (κ1) is 19.4. The Kier molecular flexibility index (Phi) is 5.51. The SMILES string of the molecule is Cc1ccccc1C(=O)NC1C[C@@H]2CCC[C@@H](C1)N2C(=O)Nc1cccc(F)c1. The second-order valence-electron chi connectivity index (χ2n) is 8.04. The van der Waals surface area contributed by atoms with Gasteiger partial charge in [0, 0.05) is 29.4 Å². The van der Waals surface area contributed by atoms with E-state index in [4.69, 9.17) is 0 Å². The highest BCUT2D eigenvalue weighted by molar-refractivity contribution is 5.95. The summed E-state index contributed by atoms with van der Waals surface area (Å²) in [5.74, 6) is -0.426. The van der Waals surface area contributed by atoms with Crippen molar-refractivity contribution < 1.29 is 14.0 Å². The number of piperidine rings is 2. The van der Waals surface area contributed by atoms with Crippen molar-refractivity contribution in [3.63, 3.8) is 0 Å². The minimum absolute atomic E-state index is 0.0515. The largest absolute Gasteiger partial charge is 0.349 e. The van der Waals surface area contributed by atoms with E-state index in [0.29, 0.717) is 11.3 Å². The Morgan fingerprint density at radius 2 is 1.76 bits per heavy atom. The maximum absolute atomic E-state index is 13.4. The van der Waals surface area contributed by atoms with Crippen LogP contribution in [0.2, 0.25) is 0 Å². The monoisotopic (exact) mass is 395 g/mol. The molecule has 29 heavy (non-hydrogen) atoms. The van der Waals surface area contributed by atoms with Crippen LogP contribution < -0.4 is 10.6 Å². The number of nitrogens with one attached hydrogen (secondary N) is 2. The molecular weight excluding hydrogens is 369 g/mol. The number of anilines is 1. The molecule has 4 rings (SSSR count). The van der Waals surface area contributed by atoms with E-state index in [1.165, 1.54) is 12.1 Å². The van der Waals surface area contributed by atoms with Gasteiger partial charge in [-0.05, 0) is 68.9 Å². The lowest BCUT2D eigenvalue weighted by Crippen LogP contribution is -2.59. The van der Waals surface area contributed by atoms with Gasteiger partial charge < -0.3 is 15.5 Å². The molecule has 2 aliphatic heterocycles. The third-order valence-electron chi connectivity index (χ3n) is 6.01. The van der Waals surface area contributed by atoms with Gasteiger partial charge in [0.1, 0.15) is 5.82 Å². The second-order valence-corrected chi connectivity index (χ2v) is 8.04. The molecule has 2 bridgehead atoms. The molecule has 6 heteroatoms. The summed E-state index contributed by atoms with van der Waals surface area (Å²) in [5.41, 5.74) is 2.11. The first-order valence-electron chi connectivity index (χ1n) is 10.2. The average molecular weight is 395 g/mol. The molecule has 0 aliphatic carbocycles. The molecule has 0 saturated carbocycles. The number of benzene rings is 2. The highest BCUT2D eigenvalue weighted by Gasteiger charge is 2.41. The fourth-order valence-electron chi connectivity index (χ4n) is 4.68. The number of hydrogen-bond donors (Lipinski definition) is 2. The lowest BCUT2D eigenvalue weighted by molar-refractivity contribution is 0.0577. The van der Waals surface area contributed by atoms with Crippen LogP contribution in [0, 0.1) is 12.7 Å². The number of amides is 3. The summed E-state index contributed by atoms with van der Waals surface area (Å²) in [6, 6.07) is 13.5. The fraction of sp³-hybridized carbons (Fsp3) is 0.391. The van der Waals surface area contributed by atoms with Crippen molar-refractivity contribution in [1.82, 2.24) is 10.2 Å². The summed E-state index contributed by atoms with van der Waals surface area (Å²) in [6.45, 7) is 1.93. The molecule has 2 saturated heterocycles. The van der Waals surface area contributed by atoms with Gasteiger partial charge in [0.25, 0.3) is 5.91 Å². The van der Waals surface area contributed by atoms with Crippen molar-refractivity contribution in [3.8, 4) is 0 Å². The van der Waals surface area contributed by atoms with Crippen molar-refractivity contribution in [2.45, 2.75) is 57.2 Å². The van der Waals surface area contributed by atoms with E-state index >= 15 is 0 Å². The minimum atomic E-state index is -0.374. The smallest absolute Gasteiger partial charge is 0.322 e. The van der Waals surface area contributed by atoms with Crippen molar-refractivity contribution in [2.24, 2.45) is 0 Å². The Bertz CT molecular complexity index is 903. The molecule has 2 aliphatic rings. The highest BCUT2D eigenvalue weighted by atomic mass is 19.1. The van der Waals surface area contributed by atoms with Crippen molar-refractivity contribution in [1.29, 1.82) is 0 Å². The highest BCUT2D eigenvalue weighted by Crippen LogP contribution is 2.34. The van der Waals surface area contributed by atoms with E-state index in [-0.39, 0.29) is 35.9 Å². The Labute approximate surface area is 170 Å². The number of carbonyl (C=O) groups is 2. The molecule has 2 fully saturated rings. The van der Waals surface area contributed by atoms with E-state index in [1.807, 2.05) is 36.1 Å². The average Bonchev–Trinajstić information content (AvgIpc) is 2.67. The van der Waals surface area contributed by atoms with Crippen LogP contribution in [0.4, 0.5) is 14.9 Å². The lowest BCUT2D eigenvalue weighted by Gasteiger charge is -2.48. The number of rotatable bonds is 3. The molecule has 3 amide bonds. The molecule has 0 radical (unpaired) electrons. The van der Waals surface area contributed by atoms with E-state index < -0.39 is 0 Å². The molecule has 5 nitrogen and oxygen atoms in total. The number of fused-ring (bicyclic) bond motifs is 2. The van der Waals surface area contributed by atoms with Gasteiger partial charge in [-0.1, -0.05) is 24.3 Å². The first-order chi connectivity index (χ1) is 14.0. The van der Waals surface area contributed by atoms with Gasteiger partial charge >= 0.3 is 6.03 Å². The molecule has 2 atom stereocenters.